The van der Waals surface area contributed by atoms with E-state index in [1.165, 1.54) is 0 Å². The van der Waals surface area contributed by atoms with Crippen LogP contribution in [-0.4, -0.2) is 10.2 Å². The Labute approximate surface area is 63.8 Å². The molecule has 4 heteroatoms. The summed E-state index contributed by atoms with van der Waals surface area (Å²) in [6.07, 6.45) is 1.60. The number of rotatable bonds is 1. The van der Waals surface area contributed by atoms with Gasteiger partial charge in [0.15, 0.2) is 0 Å². The fourth-order valence-electron chi connectivity index (χ4n) is 0.511. The van der Waals surface area contributed by atoms with Crippen LogP contribution in [0.2, 0.25) is 0 Å². The van der Waals surface area contributed by atoms with Gasteiger partial charge in [-0.15, -0.1) is 0 Å². The Bertz CT molecular complexity index is 224. The number of hydrogen-bond acceptors (Lipinski definition) is 3. The minimum Gasteiger partial charge on any atom is -0.413 e. The van der Waals surface area contributed by atoms with E-state index in [0.29, 0.717) is 5.88 Å². The van der Waals surface area contributed by atoms with Crippen LogP contribution in [0.1, 0.15) is 0 Å². The Morgan fingerprint density at radius 3 is 2.90 bits per heavy atom. The molecule has 0 unspecified atom stereocenters. The van der Waals surface area contributed by atoms with E-state index in [4.69, 9.17) is 10.5 Å². The fourth-order valence-corrected chi connectivity index (χ4v) is 0.596. The molecular weight excluding hydrogens is 148 g/mol. The molecule has 2 N–H and O–H groups in total. The molecule has 0 fully saturated rings. The van der Waals surface area contributed by atoms with Crippen LogP contribution in [-0.2, 0) is 0 Å². The molecule has 0 amide bonds. The first-order valence-electron chi connectivity index (χ1n) is 2.67. The first-order chi connectivity index (χ1) is 4.79. The summed E-state index contributed by atoms with van der Waals surface area (Å²) in [6.45, 7) is 0. The van der Waals surface area contributed by atoms with Crippen molar-refractivity contribution in [1.29, 1.82) is 0 Å². The Balaban J connectivity index is 2.67. The van der Waals surface area contributed by atoms with Gasteiger partial charge in [0.2, 0.25) is 5.88 Å². The maximum Gasteiger partial charge on any atom is 0.260 e. The van der Waals surface area contributed by atoms with E-state index in [1.54, 1.807) is 24.4 Å². The number of nitrogens with two attached hydrogens (primary N) is 1. The predicted octanol–water partition coefficient (Wildman–Crippen LogP) is 0.704. The Morgan fingerprint density at radius 1 is 1.60 bits per heavy atom. The smallest absolute Gasteiger partial charge is 0.260 e. The lowest BCUT2D eigenvalue weighted by Gasteiger charge is -1.98. The number of ether oxygens (including phenoxy) is 1. The average Bonchev–Trinajstić information content (AvgIpc) is 1.88. The highest BCUT2D eigenvalue weighted by atomic mass is 32.1. The molecule has 10 heavy (non-hydrogen) atoms. The number of pyridine rings is 1. The maximum absolute atomic E-state index is 5.09. The lowest BCUT2D eigenvalue weighted by molar-refractivity contribution is 0.533. The molecule has 0 atom stereocenters. The molecule has 1 rings (SSSR count). The second-order valence-electron chi connectivity index (χ2n) is 1.59. The molecule has 0 aliphatic carbocycles. The molecule has 1 heterocycles. The first kappa shape index (κ1) is 6.95. The molecule has 0 aliphatic heterocycles. The normalized spacial score (nSPS) is 8.80. The van der Waals surface area contributed by atoms with E-state index >= 15 is 0 Å². The predicted molar refractivity (Wildman–Crippen MR) is 41.7 cm³/mol. The molecule has 0 bridgehead atoms. The Hall–Kier alpha value is -1.16. The van der Waals surface area contributed by atoms with E-state index in [2.05, 4.69) is 17.2 Å². The Morgan fingerprint density at radius 2 is 2.40 bits per heavy atom. The molecule has 1 aromatic rings. The maximum atomic E-state index is 5.09. The third-order valence-electron chi connectivity index (χ3n) is 0.843. The molecule has 0 aliphatic rings. The first-order valence-corrected chi connectivity index (χ1v) is 3.08. The van der Waals surface area contributed by atoms with Crippen molar-refractivity contribution < 1.29 is 4.74 Å². The summed E-state index contributed by atoms with van der Waals surface area (Å²) in [6, 6.07) is 5.26. The molecule has 0 saturated heterocycles. The van der Waals surface area contributed by atoms with Gasteiger partial charge in [-0.1, -0.05) is 6.07 Å². The van der Waals surface area contributed by atoms with Gasteiger partial charge in [-0.2, -0.15) is 0 Å². The summed E-state index contributed by atoms with van der Waals surface area (Å²) in [4.78, 5) is 3.83. The molecule has 0 saturated carbocycles. The van der Waals surface area contributed by atoms with Gasteiger partial charge in [-0.05, 0) is 18.3 Å². The van der Waals surface area contributed by atoms with Gasteiger partial charge >= 0.3 is 0 Å². The standard InChI is InChI=1S/C6H6N2OS/c7-6(10)9-5-3-1-2-4-8-5/h1-4H,(H2,7,10). The largest absolute Gasteiger partial charge is 0.413 e. The van der Waals surface area contributed by atoms with Gasteiger partial charge in [0, 0.05) is 12.3 Å². The van der Waals surface area contributed by atoms with Gasteiger partial charge < -0.3 is 10.5 Å². The van der Waals surface area contributed by atoms with E-state index in [-0.39, 0.29) is 5.17 Å². The lowest BCUT2D eigenvalue weighted by Crippen LogP contribution is -2.16. The fraction of sp³-hybridized carbons (Fsp3) is 0. The molecular formula is C6H6N2OS. The van der Waals surface area contributed by atoms with Gasteiger partial charge in [-0.3, -0.25) is 0 Å². The minimum atomic E-state index is -0.0151. The minimum absolute atomic E-state index is 0.0151. The van der Waals surface area contributed by atoms with Crippen LogP contribution >= 0.6 is 12.2 Å². The second kappa shape index (κ2) is 3.12. The van der Waals surface area contributed by atoms with Crippen molar-refractivity contribution in [1.82, 2.24) is 4.98 Å². The highest BCUT2D eigenvalue weighted by Crippen LogP contribution is 2.01. The third kappa shape index (κ3) is 1.99. The van der Waals surface area contributed by atoms with Gasteiger partial charge in [-0.25, -0.2) is 4.98 Å². The zero-order valence-electron chi connectivity index (χ0n) is 5.15. The van der Waals surface area contributed by atoms with E-state index in [9.17, 15) is 0 Å². The van der Waals surface area contributed by atoms with Crippen molar-refractivity contribution in [2.24, 2.45) is 5.73 Å². The zero-order chi connectivity index (χ0) is 7.40. The van der Waals surface area contributed by atoms with E-state index in [0.717, 1.165) is 0 Å². The second-order valence-corrected chi connectivity index (χ2v) is 1.99. The van der Waals surface area contributed by atoms with Crippen molar-refractivity contribution in [2.45, 2.75) is 0 Å². The van der Waals surface area contributed by atoms with E-state index in [1.807, 2.05) is 0 Å². The molecule has 0 radical (unpaired) electrons. The van der Waals surface area contributed by atoms with Crippen molar-refractivity contribution in [3.63, 3.8) is 0 Å². The van der Waals surface area contributed by atoms with Gasteiger partial charge in [0.1, 0.15) is 0 Å². The molecule has 3 nitrogen and oxygen atoms in total. The van der Waals surface area contributed by atoms with Crippen LogP contribution in [0.5, 0.6) is 5.88 Å². The number of nitrogens with zero attached hydrogens (tertiary/aromatic N) is 1. The van der Waals surface area contributed by atoms with E-state index < -0.39 is 0 Å². The highest BCUT2D eigenvalue weighted by molar-refractivity contribution is 7.80. The highest BCUT2D eigenvalue weighted by Gasteiger charge is 1.92. The summed E-state index contributed by atoms with van der Waals surface area (Å²) >= 11 is 4.49. The molecule has 0 aromatic carbocycles. The van der Waals surface area contributed by atoms with Crippen molar-refractivity contribution in [3.05, 3.63) is 24.4 Å². The van der Waals surface area contributed by atoms with Gasteiger partial charge in [0.25, 0.3) is 5.17 Å². The molecule has 0 spiro atoms. The van der Waals surface area contributed by atoms with Crippen LogP contribution < -0.4 is 10.5 Å². The Kier molecular flexibility index (Phi) is 2.17. The average molecular weight is 154 g/mol. The van der Waals surface area contributed by atoms with Gasteiger partial charge in [0.05, 0.1) is 0 Å². The summed E-state index contributed by atoms with van der Waals surface area (Å²) < 4.78 is 4.81. The summed E-state index contributed by atoms with van der Waals surface area (Å²) in [5.41, 5.74) is 5.09. The number of thiocarbonyl (C=S) groups is 1. The topological polar surface area (TPSA) is 48.1 Å². The van der Waals surface area contributed by atoms with Crippen LogP contribution in [0.25, 0.3) is 0 Å². The SMILES string of the molecule is NC(=S)Oc1ccccn1. The summed E-state index contributed by atoms with van der Waals surface area (Å²) in [5, 5.41) is -0.0151. The van der Waals surface area contributed by atoms with Crippen LogP contribution in [0.3, 0.4) is 0 Å². The summed E-state index contributed by atoms with van der Waals surface area (Å²) in [7, 11) is 0. The zero-order valence-corrected chi connectivity index (χ0v) is 5.97. The quantitative estimate of drug-likeness (QED) is 0.605. The van der Waals surface area contributed by atoms with Crippen molar-refractivity contribution >= 4 is 17.4 Å². The van der Waals surface area contributed by atoms with Crippen LogP contribution in [0.15, 0.2) is 24.4 Å². The van der Waals surface area contributed by atoms with Crippen LogP contribution in [0, 0.1) is 0 Å². The summed E-state index contributed by atoms with van der Waals surface area (Å²) in [5.74, 6) is 0.426. The lowest BCUT2D eigenvalue weighted by atomic mass is 10.5. The molecule has 1 aromatic heterocycles. The number of hydrogen-bond donors (Lipinski definition) is 1. The monoisotopic (exact) mass is 154 g/mol. The van der Waals surface area contributed by atoms with Crippen LogP contribution in [0.4, 0.5) is 0 Å². The van der Waals surface area contributed by atoms with Crippen molar-refractivity contribution in [3.8, 4) is 5.88 Å². The third-order valence-corrected chi connectivity index (χ3v) is 0.926. The molecule has 52 valence electrons. The number of aromatic nitrogens is 1. The van der Waals surface area contributed by atoms with Crippen molar-refractivity contribution in [2.75, 3.05) is 0 Å².